The number of carbonyl (C=O) groups is 8. The number of aryl methyl sites for hydroxylation is 1. The maximum absolute atomic E-state index is 15.4. The summed E-state index contributed by atoms with van der Waals surface area (Å²) >= 11 is 0. The zero-order valence-electron chi connectivity index (χ0n) is 42.6. The fourth-order valence-electron chi connectivity index (χ4n) is 10.2. The Bertz CT molecular complexity index is 3070. The fourth-order valence-corrected chi connectivity index (χ4v) is 10.2. The maximum Gasteiger partial charge on any atom is 0.343 e. The second-order valence-corrected chi connectivity index (χ2v) is 19.6. The van der Waals surface area contributed by atoms with E-state index < -0.39 is 71.1 Å². The van der Waals surface area contributed by atoms with Gasteiger partial charge in [0, 0.05) is 59.5 Å². The number of esters is 1. The molecule has 0 saturated heterocycles. The minimum atomic E-state index is -2.01. The zero-order chi connectivity index (χ0) is 54.3. The summed E-state index contributed by atoms with van der Waals surface area (Å²) in [5.74, 6) is -4.89. The molecule has 402 valence electrons. The first kappa shape index (κ1) is 54.6. The molecular formula is C54H61FN8O13. The van der Waals surface area contributed by atoms with E-state index in [1.54, 1.807) is 54.8 Å². The molecular weight excluding hydrogens is 988 g/mol. The molecule has 7 amide bonds. The molecule has 0 spiro atoms. The monoisotopic (exact) mass is 1050 g/mol. The Kier molecular flexibility index (Phi) is 16.8. The lowest BCUT2D eigenvalue weighted by atomic mass is 9.69. The number of benzene rings is 2. The molecule has 0 radical (unpaired) electrons. The number of fused-ring (bicyclic) bond motifs is 5. The van der Waals surface area contributed by atoms with Gasteiger partial charge in [-0.15, -0.1) is 0 Å². The number of halogens is 1. The molecule has 0 bridgehead atoms. The highest BCUT2D eigenvalue weighted by Gasteiger charge is 2.47. The van der Waals surface area contributed by atoms with Crippen LogP contribution in [0.5, 0.6) is 0 Å². The van der Waals surface area contributed by atoms with Crippen molar-refractivity contribution >= 4 is 58.2 Å². The largest absolute Gasteiger partial charge is 0.458 e. The minimum absolute atomic E-state index is 0.0121. The molecule has 4 aromatic rings. The first-order chi connectivity index (χ1) is 36.4. The molecule has 0 saturated carbocycles. The summed E-state index contributed by atoms with van der Waals surface area (Å²) in [5, 5.41) is 24.8. The molecule has 6 N–H and O–H groups in total. The molecule has 2 aromatic carbocycles. The van der Waals surface area contributed by atoms with E-state index in [0.29, 0.717) is 54.6 Å². The summed E-state index contributed by atoms with van der Waals surface area (Å²) in [6.07, 6.45) is 5.33. The summed E-state index contributed by atoms with van der Waals surface area (Å²) in [5.41, 5.74) is 2.37. The van der Waals surface area contributed by atoms with Crippen LogP contribution in [0.15, 0.2) is 59.4 Å². The first-order valence-corrected chi connectivity index (χ1v) is 25.3. The van der Waals surface area contributed by atoms with E-state index in [-0.39, 0.29) is 101 Å². The molecule has 22 heteroatoms. The summed E-state index contributed by atoms with van der Waals surface area (Å²) in [4.78, 5) is 120. The van der Waals surface area contributed by atoms with Crippen LogP contribution in [-0.4, -0.2) is 126 Å². The predicted octanol–water partition coefficient (Wildman–Crippen LogP) is 1.40. The van der Waals surface area contributed by atoms with E-state index in [2.05, 4.69) is 33.5 Å². The lowest BCUT2D eigenvalue weighted by Crippen LogP contribution is -2.52. The topological polar surface area (TPSA) is 283 Å². The number of rotatable bonds is 24. The van der Waals surface area contributed by atoms with Gasteiger partial charge in [0.05, 0.1) is 68.5 Å². The number of amides is 7. The van der Waals surface area contributed by atoms with Crippen molar-refractivity contribution in [3.63, 3.8) is 0 Å². The van der Waals surface area contributed by atoms with Gasteiger partial charge in [-0.3, -0.25) is 43.3 Å². The smallest absolute Gasteiger partial charge is 0.343 e. The van der Waals surface area contributed by atoms with Crippen molar-refractivity contribution in [2.45, 2.75) is 102 Å². The molecule has 2 aromatic heterocycles. The lowest BCUT2D eigenvalue weighted by molar-refractivity contribution is -0.172. The second-order valence-electron chi connectivity index (χ2n) is 19.6. The number of nitrogens with one attached hydrogen (secondary N) is 5. The normalized spacial score (nSPS) is 18.4. The van der Waals surface area contributed by atoms with Crippen molar-refractivity contribution in [2.75, 3.05) is 52.7 Å². The van der Waals surface area contributed by atoms with Crippen molar-refractivity contribution in [3.8, 4) is 11.4 Å². The fraction of sp³-hybridized carbons (Fsp3) is 0.444. The summed E-state index contributed by atoms with van der Waals surface area (Å²) in [6.45, 7) is 4.48. The number of hydrogen-bond acceptors (Lipinski definition) is 14. The quantitative estimate of drug-likeness (QED) is 0.0221. The van der Waals surface area contributed by atoms with Crippen molar-refractivity contribution < 1.29 is 62.1 Å². The Balaban J connectivity index is 0.786. The van der Waals surface area contributed by atoms with Gasteiger partial charge in [0.1, 0.15) is 25.2 Å². The molecule has 8 rings (SSSR count). The highest BCUT2D eigenvalue weighted by molar-refractivity contribution is 6.12. The zero-order valence-corrected chi connectivity index (χ0v) is 42.6. The van der Waals surface area contributed by atoms with Crippen molar-refractivity contribution in [1.29, 1.82) is 0 Å². The van der Waals surface area contributed by atoms with Gasteiger partial charge in [0.25, 0.3) is 17.4 Å². The van der Waals surface area contributed by atoms with Crippen LogP contribution in [0.2, 0.25) is 0 Å². The number of aromatic nitrogens is 2. The van der Waals surface area contributed by atoms with Gasteiger partial charge >= 0.3 is 5.97 Å². The van der Waals surface area contributed by atoms with E-state index in [1.807, 2.05) is 0 Å². The molecule has 4 aliphatic rings. The van der Waals surface area contributed by atoms with Gasteiger partial charge in [-0.05, 0) is 67.3 Å². The summed E-state index contributed by atoms with van der Waals surface area (Å²) in [7, 11) is 0. The van der Waals surface area contributed by atoms with E-state index in [1.165, 1.54) is 18.2 Å². The first-order valence-electron chi connectivity index (χ1n) is 25.3. The number of aliphatic hydroxyl groups is 1. The summed E-state index contributed by atoms with van der Waals surface area (Å²) < 4.78 is 34.1. The highest BCUT2D eigenvalue weighted by atomic mass is 19.1. The number of ether oxygens (including phenoxy) is 3. The third kappa shape index (κ3) is 11.7. The molecule has 21 nitrogen and oxygen atoms in total. The number of unbranched alkanes of at least 4 members (excludes halogenated alkanes) is 2. The van der Waals surface area contributed by atoms with Crippen molar-refractivity contribution in [1.82, 2.24) is 41.0 Å². The van der Waals surface area contributed by atoms with Gasteiger partial charge in [-0.25, -0.2) is 14.2 Å². The van der Waals surface area contributed by atoms with E-state index >= 15 is 4.39 Å². The SMILES string of the molecule is CC[C@@]1(O)C(=O)OCc2c1cc1n(c2=O)Cc2c-1nc1cc(F)c(C)c3c1c2[C@](C)(COCCOCNC(=O)CNC(=O)[C@H](Cc1ccccc1)NC(=O)CNC(=O)CNC(=O)CCCCCN1C(=O)C=CC1=O)CC3. The third-order valence-corrected chi connectivity index (χ3v) is 14.4. The predicted molar refractivity (Wildman–Crippen MR) is 270 cm³/mol. The highest BCUT2D eigenvalue weighted by Crippen LogP contribution is 2.49. The van der Waals surface area contributed by atoms with E-state index in [4.69, 9.17) is 19.2 Å². The summed E-state index contributed by atoms with van der Waals surface area (Å²) in [6, 6.07) is 10.8. The maximum atomic E-state index is 15.4. The number of cyclic esters (lactones) is 1. The number of imide groups is 1. The molecule has 3 atom stereocenters. The van der Waals surface area contributed by atoms with Crippen LogP contribution in [0.4, 0.5) is 4.39 Å². The molecule has 5 heterocycles. The number of pyridine rings is 2. The second kappa shape index (κ2) is 23.5. The average molecular weight is 1050 g/mol. The van der Waals surface area contributed by atoms with Gasteiger partial charge < -0.3 is 50.5 Å². The van der Waals surface area contributed by atoms with Gasteiger partial charge in [-0.1, -0.05) is 50.6 Å². The Labute approximate surface area is 436 Å². The van der Waals surface area contributed by atoms with Crippen molar-refractivity contribution in [3.05, 3.63) is 110 Å². The van der Waals surface area contributed by atoms with Crippen LogP contribution in [0.1, 0.15) is 91.3 Å². The van der Waals surface area contributed by atoms with Crippen LogP contribution >= 0.6 is 0 Å². The van der Waals surface area contributed by atoms with Crippen LogP contribution in [0.3, 0.4) is 0 Å². The average Bonchev–Trinajstić information content (AvgIpc) is 4.03. The Morgan fingerprint density at radius 3 is 2.30 bits per heavy atom. The van der Waals surface area contributed by atoms with Gasteiger partial charge in [-0.2, -0.15) is 0 Å². The third-order valence-electron chi connectivity index (χ3n) is 14.4. The lowest BCUT2D eigenvalue weighted by Gasteiger charge is -2.37. The number of nitrogens with zero attached hydrogens (tertiary/aromatic N) is 3. The number of carbonyl (C=O) groups excluding carboxylic acids is 8. The van der Waals surface area contributed by atoms with Crippen LogP contribution in [0.25, 0.3) is 22.3 Å². The minimum Gasteiger partial charge on any atom is -0.458 e. The standard InChI is InChI=1S/C54H61FN8O13/c1-4-54(73)36-22-40-49-34(27-63(40)51(71)35(36)28-76-52(54)72)48-47-33(31(2)37(55)23-38(47)61-49)16-17-53(48,3)29-74-19-20-75-30-59-43(66)25-58-50(70)39(21-32-11-7-5-8-12-32)60-44(67)26-57-42(65)24-56-41(64)13-9-6-10-18-62-45(68)14-15-46(62)69/h5,7-8,11-12,14-15,22-23,39,73H,4,6,9-10,13,16-21,24-30H2,1-3H3,(H,56,64)(H,57,65)(H,58,70)(H,59,66)(H,60,67)/t39-,53-,54-/m0/s1. The Hall–Kier alpha value is -7.69. The van der Waals surface area contributed by atoms with E-state index in [9.17, 15) is 48.3 Å². The van der Waals surface area contributed by atoms with Crippen LogP contribution in [-0.2, 0) is 89.6 Å². The van der Waals surface area contributed by atoms with Crippen LogP contribution < -0.4 is 32.1 Å². The van der Waals surface area contributed by atoms with Gasteiger partial charge in [0.15, 0.2) is 5.60 Å². The molecule has 0 unspecified atom stereocenters. The molecule has 76 heavy (non-hydrogen) atoms. The van der Waals surface area contributed by atoms with E-state index in [0.717, 1.165) is 32.5 Å². The van der Waals surface area contributed by atoms with Crippen molar-refractivity contribution in [2.24, 2.45) is 0 Å². The van der Waals surface area contributed by atoms with Crippen LogP contribution in [0, 0.1) is 12.7 Å². The number of hydrogen-bond donors (Lipinski definition) is 6. The molecule has 1 aliphatic carbocycles. The van der Waals surface area contributed by atoms with Gasteiger partial charge in [0.2, 0.25) is 29.5 Å². The molecule has 3 aliphatic heterocycles. The Morgan fingerprint density at radius 2 is 1.55 bits per heavy atom. The molecule has 0 fully saturated rings. The Morgan fingerprint density at radius 1 is 0.855 bits per heavy atom.